The molecule has 4 nitrogen and oxygen atoms in total. The number of ketones is 1. The Balaban J connectivity index is 1.97. The van der Waals surface area contributed by atoms with Crippen LogP contribution >= 0.6 is 11.6 Å². The summed E-state index contributed by atoms with van der Waals surface area (Å²) in [5.41, 5.74) is 0.739. The molecule has 2 aliphatic rings. The van der Waals surface area contributed by atoms with Gasteiger partial charge in [0.2, 0.25) is 0 Å². The molecule has 0 atom stereocenters. The zero-order chi connectivity index (χ0) is 13.6. The van der Waals surface area contributed by atoms with E-state index in [1.807, 2.05) is 0 Å². The van der Waals surface area contributed by atoms with Gasteiger partial charge in [0.1, 0.15) is 0 Å². The molecular formula is C14H11ClN2O2. The number of amides is 1. The number of anilines is 1. The summed E-state index contributed by atoms with van der Waals surface area (Å²) in [7, 11) is 0. The lowest BCUT2D eigenvalue weighted by Crippen LogP contribution is -2.35. The van der Waals surface area contributed by atoms with Gasteiger partial charge in [-0.15, -0.1) is 0 Å². The second-order valence-corrected chi connectivity index (χ2v) is 5.60. The SMILES string of the molecule is N#CCC1(CN2C(=O)C(=O)c3c(Cl)cccc32)CC1. The van der Waals surface area contributed by atoms with Crippen LogP contribution < -0.4 is 4.90 Å². The fourth-order valence-electron chi connectivity index (χ4n) is 2.53. The van der Waals surface area contributed by atoms with Crippen LogP contribution in [0.1, 0.15) is 29.6 Å². The first-order valence-corrected chi connectivity index (χ1v) is 6.47. The Kier molecular flexibility index (Phi) is 2.61. The first-order chi connectivity index (χ1) is 9.08. The van der Waals surface area contributed by atoms with E-state index in [1.54, 1.807) is 18.2 Å². The molecule has 0 radical (unpaired) electrons. The lowest BCUT2D eigenvalue weighted by atomic mass is 10.0. The molecule has 0 bridgehead atoms. The third-order valence-electron chi connectivity index (χ3n) is 3.85. The van der Waals surface area contributed by atoms with Crippen molar-refractivity contribution in [3.05, 3.63) is 28.8 Å². The molecule has 3 rings (SSSR count). The summed E-state index contributed by atoms with van der Waals surface area (Å²) in [6.07, 6.45) is 2.27. The molecule has 1 aliphatic carbocycles. The largest absolute Gasteiger partial charge is 0.304 e. The normalized spacial score (nSPS) is 19.3. The van der Waals surface area contributed by atoms with E-state index in [0.717, 1.165) is 12.8 Å². The van der Waals surface area contributed by atoms with E-state index < -0.39 is 11.7 Å². The van der Waals surface area contributed by atoms with Crippen molar-refractivity contribution in [2.75, 3.05) is 11.4 Å². The number of carbonyl (C=O) groups is 2. The van der Waals surface area contributed by atoms with E-state index in [2.05, 4.69) is 6.07 Å². The van der Waals surface area contributed by atoms with Gasteiger partial charge >= 0.3 is 0 Å². The number of fused-ring (bicyclic) bond motifs is 1. The van der Waals surface area contributed by atoms with Crippen molar-refractivity contribution in [1.29, 1.82) is 5.26 Å². The maximum atomic E-state index is 12.1. The van der Waals surface area contributed by atoms with Gasteiger partial charge in [0.15, 0.2) is 0 Å². The van der Waals surface area contributed by atoms with Crippen molar-refractivity contribution < 1.29 is 9.59 Å². The van der Waals surface area contributed by atoms with E-state index in [1.165, 1.54) is 4.90 Å². The van der Waals surface area contributed by atoms with Gasteiger partial charge in [-0.05, 0) is 25.0 Å². The molecule has 1 aliphatic heterocycles. The van der Waals surface area contributed by atoms with Crippen LogP contribution in [0.3, 0.4) is 0 Å². The van der Waals surface area contributed by atoms with E-state index >= 15 is 0 Å². The molecule has 96 valence electrons. The molecular weight excluding hydrogens is 264 g/mol. The first-order valence-electron chi connectivity index (χ1n) is 6.10. The summed E-state index contributed by atoms with van der Waals surface area (Å²) < 4.78 is 0. The van der Waals surface area contributed by atoms with Gasteiger partial charge in [-0.2, -0.15) is 5.26 Å². The van der Waals surface area contributed by atoms with Crippen LogP contribution in [-0.4, -0.2) is 18.2 Å². The average Bonchev–Trinajstić information content (AvgIpc) is 3.09. The number of benzene rings is 1. The monoisotopic (exact) mass is 274 g/mol. The van der Waals surface area contributed by atoms with E-state index in [0.29, 0.717) is 29.2 Å². The molecule has 0 N–H and O–H groups in total. The van der Waals surface area contributed by atoms with Crippen molar-refractivity contribution >= 4 is 29.0 Å². The topological polar surface area (TPSA) is 61.2 Å². The van der Waals surface area contributed by atoms with Crippen molar-refractivity contribution in [3.63, 3.8) is 0 Å². The predicted molar refractivity (Wildman–Crippen MR) is 70.0 cm³/mol. The number of carbonyl (C=O) groups excluding carboxylic acids is 2. The smallest absolute Gasteiger partial charge is 0.299 e. The van der Waals surface area contributed by atoms with Crippen molar-refractivity contribution in [2.45, 2.75) is 19.3 Å². The van der Waals surface area contributed by atoms with E-state index in [-0.39, 0.29) is 5.41 Å². The molecule has 5 heteroatoms. The minimum atomic E-state index is -0.548. The van der Waals surface area contributed by atoms with Gasteiger partial charge in [-0.3, -0.25) is 9.59 Å². The quantitative estimate of drug-likeness (QED) is 0.796. The highest BCUT2D eigenvalue weighted by molar-refractivity contribution is 6.55. The van der Waals surface area contributed by atoms with Gasteiger partial charge in [0.05, 0.1) is 22.3 Å². The standard InChI is InChI=1S/C14H11ClN2O2/c15-9-2-1-3-10-11(9)12(18)13(19)17(10)8-14(4-5-14)6-7-16/h1-3H,4-6,8H2. The third kappa shape index (κ3) is 1.82. The summed E-state index contributed by atoms with van der Waals surface area (Å²) in [4.78, 5) is 25.5. The maximum Gasteiger partial charge on any atom is 0.299 e. The minimum absolute atomic E-state index is 0.130. The number of Topliss-reactive ketones (excluding diaryl/α,β-unsaturated/α-hetero) is 1. The van der Waals surface area contributed by atoms with E-state index in [9.17, 15) is 9.59 Å². The molecule has 0 unspecified atom stereocenters. The number of hydrogen-bond donors (Lipinski definition) is 0. The van der Waals surface area contributed by atoms with Crippen molar-refractivity contribution in [2.24, 2.45) is 5.41 Å². The second kappa shape index (κ2) is 4.07. The fraction of sp³-hybridized carbons (Fsp3) is 0.357. The molecule has 1 amide bonds. The van der Waals surface area contributed by atoms with Crippen LogP contribution in [0, 0.1) is 16.7 Å². The number of rotatable bonds is 3. The molecule has 19 heavy (non-hydrogen) atoms. The summed E-state index contributed by atoms with van der Waals surface area (Å²) in [5, 5.41) is 9.14. The minimum Gasteiger partial charge on any atom is -0.304 e. The fourth-order valence-corrected chi connectivity index (χ4v) is 2.78. The van der Waals surface area contributed by atoms with Crippen molar-refractivity contribution in [1.82, 2.24) is 0 Å². The Bertz CT molecular complexity index is 629. The highest BCUT2D eigenvalue weighted by atomic mass is 35.5. The second-order valence-electron chi connectivity index (χ2n) is 5.19. The first kappa shape index (κ1) is 12.2. The summed E-state index contributed by atoms with van der Waals surface area (Å²) >= 11 is 5.99. The Labute approximate surface area is 115 Å². The summed E-state index contributed by atoms with van der Waals surface area (Å²) in [6, 6.07) is 7.22. The van der Waals surface area contributed by atoms with Gasteiger partial charge in [-0.25, -0.2) is 0 Å². The van der Waals surface area contributed by atoms with Gasteiger partial charge in [0, 0.05) is 18.4 Å². The third-order valence-corrected chi connectivity index (χ3v) is 4.17. The highest BCUT2D eigenvalue weighted by Gasteiger charge is 2.48. The van der Waals surface area contributed by atoms with Gasteiger partial charge in [-0.1, -0.05) is 17.7 Å². The van der Waals surface area contributed by atoms with Gasteiger partial charge in [0.25, 0.3) is 11.7 Å². The maximum absolute atomic E-state index is 12.1. The number of nitrogens with zero attached hydrogens (tertiary/aromatic N) is 2. The number of hydrogen-bond acceptors (Lipinski definition) is 3. The summed E-state index contributed by atoms with van der Waals surface area (Å²) in [5.74, 6) is -1.08. The van der Waals surface area contributed by atoms with E-state index in [4.69, 9.17) is 16.9 Å². The molecule has 1 aromatic carbocycles. The predicted octanol–water partition coefficient (Wildman–Crippen LogP) is 2.56. The Morgan fingerprint density at radius 2 is 2.11 bits per heavy atom. The zero-order valence-corrected chi connectivity index (χ0v) is 10.9. The number of nitriles is 1. The van der Waals surface area contributed by atoms with Crippen LogP contribution in [-0.2, 0) is 4.79 Å². The van der Waals surface area contributed by atoms with Gasteiger partial charge < -0.3 is 4.90 Å². The summed E-state index contributed by atoms with van der Waals surface area (Å²) in [6.45, 7) is 0.429. The molecule has 1 saturated carbocycles. The van der Waals surface area contributed by atoms with Crippen molar-refractivity contribution in [3.8, 4) is 6.07 Å². The molecule has 1 aromatic rings. The number of halogens is 1. The van der Waals surface area contributed by atoms with Crippen LogP contribution in [0.5, 0.6) is 0 Å². The Hall–Kier alpha value is -1.86. The highest BCUT2D eigenvalue weighted by Crippen LogP contribution is 2.50. The average molecular weight is 275 g/mol. The van der Waals surface area contributed by atoms with Crippen LogP contribution in [0.4, 0.5) is 5.69 Å². The molecule has 0 saturated heterocycles. The zero-order valence-electron chi connectivity index (χ0n) is 10.1. The molecule has 1 fully saturated rings. The molecule has 0 aromatic heterocycles. The Morgan fingerprint density at radius 1 is 1.37 bits per heavy atom. The lowest BCUT2D eigenvalue weighted by Gasteiger charge is -2.21. The van der Waals surface area contributed by atoms with Crippen LogP contribution in [0.25, 0.3) is 0 Å². The molecule has 0 spiro atoms. The van der Waals surface area contributed by atoms with Crippen LogP contribution in [0.15, 0.2) is 18.2 Å². The van der Waals surface area contributed by atoms with Crippen LogP contribution in [0.2, 0.25) is 5.02 Å². The lowest BCUT2D eigenvalue weighted by molar-refractivity contribution is -0.114. The Morgan fingerprint density at radius 3 is 2.74 bits per heavy atom. The molecule has 1 heterocycles.